The Morgan fingerprint density at radius 2 is 1.71 bits per heavy atom. The molecule has 0 saturated carbocycles. The Bertz CT molecular complexity index is 483. The number of nitrogens with zero attached hydrogens (tertiary/aromatic N) is 2. The Morgan fingerprint density at radius 3 is 2.19 bits per heavy atom. The highest BCUT2D eigenvalue weighted by Gasteiger charge is 2.04. The molecule has 0 aliphatic heterocycles. The molecule has 0 saturated heterocycles. The Balaban J connectivity index is 0.000000211. The summed E-state index contributed by atoms with van der Waals surface area (Å²) >= 11 is 0. The van der Waals surface area contributed by atoms with E-state index < -0.39 is 0 Å². The monoisotopic (exact) mass is 298 g/mol. The summed E-state index contributed by atoms with van der Waals surface area (Å²) in [7, 11) is 0. The van der Waals surface area contributed by atoms with Crippen molar-refractivity contribution in [1.29, 1.82) is 0 Å². The van der Waals surface area contributed by atoms with E-state index in [1.807, 2.05) is 33.8 Å². The number of ether oxygens (including phenoxy) is 2. The first-order valence-electron chi connectivity index (χ1n) is 6.88. The molecule has 6 nitrogen and oxygen atoms in total. The smallest absolute Gasteiger partial charge is 0.166 e. The SMILES string of the molecule is CC(C)OCc1[nH]ncc1F.CC(C)OCc1ccn[nH]1. The summed E-state index contributed by atoms with van der Waals surface area (Å²) in [6.45, 7) is 8.69. The van der Waals surface area contributed by atoms with E-state index in [0.717, 1.165) is 11.9 Å². The average molecular weight is 298 g/mol. The molecule has 21 heavy (non-hydrogen) atoms. The summed E-state index contributed by atoms with van der Waals surface area (Å²) in [6.07, 6.45) is 3.25. The van der Waals surface area contributed by atoms with Crippen molar-refractivity contribution in [3.05, 3.63) is 35.7 Å². The van der Waals surface area contributed by atoms with E-state index in [9.17, 15) is 4.39 Å². The molecule has 0 aliphatic carbocycles. The van der Waals surface area contributed by atoms with Crippen LogP contribution in [-0.4, -0.2) is 32.6 Å². The van der Waals surface area contributed by atoms with Crippen LogP contribution in [0.1, 0.15) is 39.1 Å². The lowest BCUT2D eigenvalue weighted by atomic mass is 10.4. The zero-order chi connectivity index (χ0) is 15.7. The van der Waals surface area contributed by atoms with Gasteiger partial charge in [0.25, 0.3) is 0 Å². The highest BCUT2D eigenvalue weighted by molar-refractivity contribution is 4.99. The highest BCUT2D eigenvalue weighted by Crippen LogP contribution is 2.04. The van der Waals surface area contributed by atoms with Gasteiger partial charge in [-0.1, -0.05) is 0 Å². The maximum absolute atomic E-state index is 12.6. The van der Waals surface area contributed by atoms with E-state index >= 15 is 0 Å². The molecule has 0 bridgehead atoms. The first-order valence-corrected chi connectivity index (χ1v) is 6.88. The Morgan fingerprint density at radius 1 is 1.05 bits per heavy atom. The molecule has 2 rings (SSSR count). The lowest BCUT2D eigenvalue weighted by molar-refractivity contribution is 0.0618. The van der Waals surface area contributed by atoms with Gasteiger partial charge in [0.2, 0.25) is 0 Å². The Kier molecular flexibility index (Phi) is 7.63. The third kappa shape index (κ3) is 7.57. The van der Waals surface area contributed by atoms with E-state index in [1.54, 1.807) is 6.20 Å². The maximum Gasteiger partial charge on any atom is 0.166 e. The largest absolute Gasteiger partial charge is 0.373 e. The van der Waals surface area contributed by atoms with Crippen LogP contribution in [0.4, 0.5) is 4.39 Å². The van der Waals surface area contributed by atoms with Gasteiger partial charge in [0.1, 0.15) is 0 Å². The topological polar surface area (TPSA) is 75.8 Å². The van der Waals surface area contributed by atoms with Gasteiger partial charge in [-0.3, -0.25) is 10.2 Å². The van der Waals surface area contributed by atoms with Crippen LogP contribution in [0.3, 0.4) is 0 Å². The number of H-pyrrole nitrogens is 2. The predicted octanol–water partition coefficient (Wildman–Crippen LogP) is 2.81. The van der Waals surface area contributed by atoms with Crippen LogP contribution < -0.4 is 0 Å². The minimum Gasteiger partial charge on any atom is -0.373 e. The average Bonchev–Trinajstić information content (AvgIpc) is 3.06. The lowest BCUT2D eigenvalue weighted by Crippen LogP contribution is -2.03. The van der Waals surface area contributed by atoms with Crippen molar-refractivity contribution < 1.29 is 13.9 Å². The third-order valence-electron chi connectivity index (χ3n) is 2.36. The number of rotatable bonds is 6. The molecule has 0 atom stereocenters. The number of hydrogen-bond donors (Lipinski definition) is 2. The zero-order valence-corrected chi connectivity index (χ0v) is 12.9. The fourth-order valence-corrected chi connectivity index (χ4v) is 1.27. The summed E-state index contributed by atoms with van der Waals surface area (Å²) < 4.78 is 23.1. The number of halogens is 1. The highest BCUT2D eigenvalue weighted by atomic mass is 19.1. The van der Waals surface area contributed by atoms with Gasteiger partial charge < -0.3 is 9.47 Å². The number of aromatic nitrogens is 4. The van der Waals surface area contributed by atoms with Crippen LogP contribution in [0, 0.1) is 5.82 Å². The van der Waals surface area contributed by atoms with Gasteiger partial charge in [-0.15, -0.1) is 0 Å². The van der Waals surface area contributed by atoms with E-state index in [2.05, 4.69) is 20.4 Å². The van der Waals surface area contributed by atoms with Gasteiger partial charge in [0, 0.05) is 6.20 Å². The van der Waals surface area contributed by atoms with Crippen molar-refractivity contribution in [1.82, 2.24) is 20.4 Å². The van der Waals surface area contributed by atoms with E-state index in [0.29, 0.717) is 12.3 Å². The number of nitrogens with one attached hydrogen (secondary N) is 2. The molecule has 0 aromatic carbocycles. The second-order valence-corrected chi connectivity index (χ2v) is 5.00. The van der Waals surface area contributed by atoms with Crippen LogP contribution in [-0.2, 0) is 22.7 Å². The van der Waals surface area contributed by atoms with E-state index in [1.165, 1.54) is 0 Å². The van der Waals surface area contributed by atoms with Crippen molar-refractivity contribution >= 4 is 0 Å². The molecule has 2 aromatic heterocycles. The van der Waals surface area contributed by atoms with Crippen molar-refractivity contribution in [3.8, 4) is 0 Å². The number of aromatic amines is 2. The second-order valence-electron chi connectivity index (χ2n) is 5.00. The molecule has 0 amide bonds. The molecule has 2 aromatic rings. The first kappa shape index (κ1) is 17.3. The summed E-state index contributed by atoms with van der Waals surface area (Å²) in [5, 5.41) is 12.6. The van der Waals surface area contributed by atoms with Crippen LogP contribution in [0.2, 0.25) is 0 Å². The summed E-state index contributed by atoms with van der Waals surface area (Å²) in [4.78, 5) is 0. The summed E-state index contributed by atoms with van der Waals surface area (Å²) in [6, 6.07) is 1.91. The predicted molar refractivity (Wildman–Crippen MR) is 77.0 cm³/mol. The van der Waals surface area contributed by atoms with Gasteiger partial charge >= 0.3 is 0 Å². The van der Waals surface area contributed by atoms with Crippen molar-refractivity contribution in [2.45, 2.75) is 53.1 Å². The zero-order valence-electron chi connectivity index (χ0n) is 12.9. The molecule has 0 spiro atoms. The van der Waals surface area contributed by atoms with Gasteiger partial charge in [-0.05, 0) is 33.8 Å². The summed E-state index contributed by atoms with van der Waals surface area (Å²) in [5.41, 5.74) is 1.42. The third-order valence-corrected chi connectivity index (χ3v) is 2.36. The molecule has 2 N–H and O–H groups in total. The molecule has 7 heteroatoms. The normalized spacial score (nSPS) is 10.8. The van der Waals surface area contributed by atoms with E-state index in [4.69, 9.17) is 9.47 Å². The van der Waals surface area contributed by atoms with Gasteiger partial charge in [-0.2, -0.15) is 10.2 Å². The van der Waals surface area contributed by atoms with Crippen LogP contribution in [0.5, 0.6) is 0 Å². The standard InChI is InChI=1S/C7H11FN2O.C7H12N2O/c1-5(2)11-4-7-6(8)3-9-10-7;1-6(2)10-5-7-3-4-8-9-7/h3,5H,4H2,1-2H3,(H,9,10);3-4,6H,5H2,1-2H3,(H,8,9). The Labute approximate surface area is 124 Å². The first-order chi connectivity index (χ1) is 9.99. The molecule has 0 unspecified atom stereocenters. The number of hydrogen-bond acceptors (Lipinski definition) is 4. The van der Waals surface area contributed by atoms with Crippen molar-refractivity contribution in [3.63, 3.8) is 0 Å². The van der Waals surface area contributed by atoms with Crippen LogP contribution in [0.25, 0.3) is 0 Å². The maximum atomic E-state index is 12.6. The van der Waals surface area contributed by atoms with Crippen molar-refractivity contribution in [2.24, 2.45) is 0 Å². The molecule has 0 fully saturated rings. The summed E-state index contributed by atoms with van der Waals surface area (Å²) in [5.74, 6) is -0.342. The van der Waals surface area contributed by atoms with Crippen LogP contribution in [0.15, 0.2) is 18.5 Å². The fourth-order valence-electron chi connectivity index (χ4n) is 1.27. The van der Waals surface area contributed by atoms with Crippen molar-refractivity contribution in [2.75, 3.05) is 0 Å². The second kappa shape index (κ2) is 9.25. The Hall–Kier alpha value is -1.73. The molecular weight excluding hydrogens is 275 g/mol. The molecule has 0 aliphatic rings. The minimum absolute atomic E-state index is 0.109. The van der Waals surface area contributed by atoms with Gasteiger partial charge in [0.15, 0.2) is 5.82 Å². The quantitative estimate of drug-likeness (QED) is 0.860. The lowest BCUT2D eigenvalue weighted by Gasteiger charge is -2.04. The molecule has 118 valence electrons. The fraction of sp³-hybridized carbons (Fsp3) is 0.571. The molecule has 0 radical (unpaired) electrons. The van der Waals surface area contributed by atoms with Gasteiger partial charge in [0.05, 0.1) is 43.0 Å². The van der Waals surface area contributed by atoms with Gasteiger partial charge in [-0.25, -0.2) is 4.39 Å². The molecular formula is C14H23FN4O2. The molecule has 2 heterocycles. The van der Waals surface area contributed by atoms with E-state index in [-0.39, 0.29) is 24.6 Å². The van der Waals surface area contributed by atoms with Crippen LogP contribution >= 0.6 is 0 Å². The minimum atomic E-state index is -0.342.